The second-order valence-electron chi connectivity index (χ2n) is 8.24. The minimum atomic E-state index is -0.915. The van der Waals surface area contributed by atoms with Crippen molar-refractivity contribution < 1.29 is 33.7 Å². The number of hydrogen-bond donors (Lipinski definition) is 2. The van der Waals surface area contributed by atoms with E-state index < -0.39 is 29.3 Å². The first-order chi connectivity index (χ1) is 16.4. The van der Waals surface area contributed by atoms with Crippen molar-refractivity contribution in [2.45, 2.75) is 12.5 Å². The van der Waals surface area contributed by atoms with Crippen LogP contribution < -0.4 is 4.74 Å². The second kappa shape index (κ2) is 10.2. The number of amides is 1. The molecule has 9 heteroatoms. The maximum atomic E-state index is 14.3. The average molecular weight is 470 g/mol. The molecule has 2 aliphatic rings. The van der Waals surface area contributed by atoms with Crippen molar-refractivity contribution in [1.82, 2.24) is 9.80 Å². The van der Waals surface area contributed by atoms with Crippen LogP contribution in [-0.2, 0) is 14.3 Å². The van der Waals surface area contributed by atoms with Crippen molar-refractivity contribution in [2.24, 2.45) is 0 Å². The van der Waals surface area contributed by atoms with Crippen LogP contribution in [0.3, 0.4) is 0 Å². The molecule has 2 aliphatic heterocycles. The number of phenols is 1. The number of aliphatic hydroxyl groups excluding tert-OH is 1. The van der Waals surface area contributed by atoms with Gasteiger partial charge in [0.2, 0.25) is 0 Å². The predicted octanol–water partition coefficient (Wildman–Crippen LogP) is 2.68. The highest BCUT2D eigenvalue weighted by molar-refractivity contribution is 6.46. The van der Waals surface area contributed by atoms with Gasteiger partial charge in [0.15, 0.2) is 11.6 Å². The quantitative estimate of drug-likeness (QED) is 0.365. The van der Waals surface area contributed by atoms with Crippen LogP contribution in [0.4, 0.5) is 4.39 Å². The zero-order valence-electron chi connectivity index (χ0n) is 18.9. The minimum Gasteiger partial charge on any atom is -0.508 e. The number of nitrogens with zero attached hydrogens (tertiary/aromatic N) is 2. The van der Waals surface area contributed by atoms with Crippen LogP contribution in [0.2, 0.25) is 0 Å². The third-order valence-electron chi connectivity index (χ3n) is 6.13. The number of hydrogen-bond acceptors (Lipinski definition) is 7. The summed E-state index contributed by atoms with van der Waals surface area (Å²) in [6.07, 6.45) is 0.611. The normalized spacial score (nSPS) is 20.6. The Morgan fingerprint density at radius 3 is 2.59 bits per heavy atom. The van der Waals surface area contributed by atoms with Crippen molar-refractivity contribution in [3.63, 3.8) is 0 Å². The summed E-state index contributed by atoms with van der Waals surface area (Å²) in [6.45, 7) is 3.92. The Bertz CT molecular complexity index is 1110. The van der Waals surface area contributed by atoms with Gasteiger partial charge in [-0.15, -0.1) is 0 Å². The van der Waals surface area contributed by atoms with Crippen LogP contribution in [0.25, 0.3) is 5.76 Å². The maximum Gasteiger partial charge on any atom is 0.295 e. The number of likely N-dealkylation sites (tertiary alicyclic amines) is 1. The van der Waals surface area contributed by atoms with E-state index >= 15 is 0 Å². The molecular weight excluding hydrogens is 443 g/mol. The smallest absolute Gasteiger partial charge is 0.295 e. The van der Waals surface area contributed by atoms with Gasteiger partial charge in [-0.1, -0.05) is 12.1 Å². The summed E-state index contributed by atoms with van der Waals surface area (Å²) in [5, 5.41) is 21.1. The van der Waals surface area contributed by atoms with Gasteiger partial charge in [0.25, 0.3) is 11.7 Å². The molecule has 0 radical (unpaired) electrons. The van der Waals surface area contributed by atoms with Gasteiger partial charge in [-0.25, -0.2) is 4.39 Å². The molecule has 1 unspecified atom stereocenters. The Balaban J connectivity index is 1.69. The summed E-state index contributed by atoms with van der Waals surface area (Å²) in [5.41, 5.74) is 0.377. The van der Waals surface area contributed by atoms with Gasteiger partial charge >= 0.3 is 0 Å². The SMILES string of the molecule is COc1ccc(/C(O)=C2\C(=O)C(=O)N(CCCN3CCOCC3)C2c2cccc(O)c2)cc1F. The van der Waals surface area contributed by atoms with Crippen LogP contribution in [0.5, 0.6) is 11.5 Å². The fourth-order valence-corrected chi connectivity index (χ4v) is 4.41. The zero-order valence-corrected chi connectivity index (χ0v) is 18.9. The minimum absolute atomic E-state index is 0.00959. The first kappa shape index (κ1) is 23.7. The third kappa shape index (κ3) is 4.76. The Kier molecular flexibility index (Phi) is 7.14. The van der Waals surface area contributed by atoms with Crippen LogP contribution in [-0.4, -0.2) is 78.2 Å². The summed E-state index contributed by atoms with van der Waals surface area (Å²) in [7, 11) is 1.32. The summed E-state index contributed by atoms with van der Waals surface area (Å²) in [4.78, 5) is 29.7. The Labute approximate surface area is 196 Å². The van der Waals surface area contributed by atoms with Gasteiger partial charge in [0, 0.05) is 31.7 Å². The molecule has 0 aromatic heterocycles. The zero-order chi connectivity index (χ0) is 24.2. The molecular formula is C25H27FN2O6. The van der Waals surface area contributed by atoms with E-state index in [-0.39, 0.29) is 29.2 Å². The number of aromatic hydroxyl groups is 1. The molecule has 2 N–H and O–H groups in total. The first-order valence-corrected chi connectivity index (χ1v) is 11.1. The van der Waals surface area contributed by atoms with E-state index in [4.69, 9.17) is 9.47 Å². The number of carbonyl (C=O) groups excluding carboxylic acids is 2. The molecule has 2 aromatic rings. The van der Waals surface area contributed by atoms with Crippen LogP contribution in [0, 0.1) is 5.82 Å². The number of methoxy groups -OCH3 is 1. The Morgan fingerprint density at radius 1 is 1.15 bits per heavy atom. The molecule has 2 fully saturated rings. The highest BCUT2D eigenvalue weighted by Gasteiger charge is 2.46. The van der Waals surface area contributed by atoms with Crippen molar-refractivity contribution in [2.75, 3.05) is 46.5 Å². The van der Waals surface area contributed by atoms with E-state index in [9.17, 15) is 24.2 Å². The lowest BCUT2D eigenvalue weighted by Gasteiger charge is -2.29. The molecule has 0 saturated carbocycles. The van der Waals surface area contributed by atoms with Crippen LogP contribution >= 0.6 is 0 Å². The largest absolute Gasteiger partial charge is 0.508 e. The van der Waals surface area contributed by atoms with E-state index in [1.54, 1.807) is 12.1 Å². The van der Waals surface area contributed by atoms with E-state index in [1.807, 2.05) is 0 Å². The summed E-state index contributed by atoms with van der Waals surface area (Å²) in [6, 6.07) is 9.11. The number of morpholine rings is 1. The molecule has 1 amide bonds. The lowest BCUT2D eigenvalue weighted by atomic mass is 9.95. The number of aliphatic hydroxyl groups is 1. The fourth-order valence-electron chi connectivity index (χ4n) is 4.41. The molecule has 0 aliphatic carbocycles. The highest BCUT2D eigenvalue weighted by atomic mass is 19.1. The van der Waals surface area contributed by atoms with E-state index in [2.05, 4.69) is 4.90 Å². The molecule has 0 spiro atoms. The monoisotopic (exact) mass is 470 g/mol. The maximum absolute atomic E-state index is 14.3. The molecule has 2 aromatic carbocycles. The van der Waals surface area contributed by atoms with E-state index in [0.717, 1.165) is 25.7 Å². The van der Waals surface area contributed by atoms with E-state index in [0.29, 0.717) is 25.2 Å². The van der Waals surface area contributed by atoms with Crippen LogP contribution in [0.15, 0.2) is 48.0 Å². The number of ether oxygens (including phenoxy) is 2. The average Bonchev–Trinajstić information content (AvgIpc) is 3.09. The fraction of sp³-hybridized carbons (Fsp3) is 0.360. The summed E-state index contributed by atoms with van der Waals surface area (Å²) in [5.74, 6) is -2.83. The van der Waals surface area contributed by atoms with Crippen molar-refractivity contribution in [3.8, 4) is 11.5 Å². The summed E-state index contributed by atoms with van der Waals surface area (Å²) >= 11 is 0. The van der Waals surface area contributed by atoms with Crippen molar-refractivity contribution in [1.29, 1.82) is 0 Å². The summed E-state index contributed by atoms with van der Waals surface area (Å²) < 4.78 is 24.6. The molecule has 0 bridgehead atoms. The molecule has 180 valence electrons. The van der Waals surface area contributed by atoms with Gasteiger partial charge < -0.3 is 24.6 Å². The first-order valence-electron chi connectivity index (χ1n) is 11.1. The lowest BCUT2D eigenvalue weighted by Crippen LogP contribution is -2.38. The van der Waals surface area contributed by atoms with Gasteiger partial charge in [0.1, 0.15) is 11.5 Å². The Hall–Kier alpha value is -3.43. The highest BCUT2D eigenvalue weighted by Crippen LogP contribution is 2.40. The number of ketones is 1. The molecule has 2 heterocycles. The predicted molar refractivity (Wildman–Crippen MR) is 122 cm³/mol. The molecule has 8 nitrogen and oxygen atoms in total. The van der Waals surface area contributed by atoms with Crippen molar-refractivity contribution >= 4 is 17.4 Å². The molecule has 2 saturated heterocycles. The standard InChI is InChI=1S/C25H27FN2O6/c1-33-20-7-6-17(15-19(20)26)23(30)21-22(16-4-2-5-18(29)14-16)28(25(32)24(21)31)9-3-8-27-10-12-34-13-11-27/h2,4-7,14-15,22,29-30H,3,8-13H2,1H3/b23-21+. The van der Waals surface area contributed by atoms with Gasteiger partial charge in [-0.2, -0.15) is 0 Å². The van der Waals surface area contributed by atoms with E-state index in [1.165, 1.54) is 36.3 Å². The van der Waals surface area contributed by atoms with Gasteiger partial charge in [0.05, 0.1) is 31.9 Å². The number of phenolic OH excluding ortho intramolecular Hbond substituents is 1. The molecule has 1 atom stereocenters. The van der Waals surface area contributed by atoms with Crippen LogP contribution in [0.1, 0.15) is 23.6 Å². The third-order valence-corrected chi connectivity index (χ3v) is 6.13. The van der Waals surface area contributed by atoms with Gasteiger partial charge in [-0.3, -0.25) is 14.5 Å². The molecule has 4 rings (SSSR count). The number of carbonyl (C=O) groups is 2. The number of Topliss-reactive ketones (excluding diaryl/α,β-unsaturated/α-hetero) is 1. The topological polar surface area (TPSA) is 99.5 Å². The lowest BCUT2D eigenvalue weighted by molar-refractivity contribution is -0.140. The van der Waals surface area contributed by atoms with Crippen molar-refractivity contribution in [3.05, 3.63) is 65.0 Å². The molecule has 34 heavy (non-hydrogen) atoms. The number of rotatable bonds is 7. The number of benzene rings is 2. The number of halogens is 1. The second-order valence-corrected chi connectivity index (χ2v) is 8.24. The Morgan fingerprint density at radius 2 is 1.91 bits per heavy atom. The van der Waals surface area contributed by atoms with Gasteiger partial charge in [-0.05, 0) is 42.3 Å².